The van der Waals surface area contributed by atoms with Crippen LogP contribution in [0.25, 0.3) is 17.0 Å². The number of anilines is 1. The number of carbonyl (C=O) groups is 4. The van der Waals surface area contributed by atoms with Crippen LogP contribution in [0.2, 0.25) is 0 Å². The Balaban J connectivity index is 1.11. The summed E-state index contributed by atoms with van der Waals surface area (Å²) in [7, 11) is 0. The van der Waals surface area contributed by atoms with Crippen molar-refractivity contribution in [2.45, 2.75) is 63.4 Å². The molecule has 6 rings (SSSR count). The van der Waals surface area contributed by atoms with Crippen molar-refractivity contribution in [2.75, 3.05) is 25.0 Å². The number of hydrogen-bond acceptors (Lipinski definition) is 6. The van der Waals surface area contributed by atoms with Crippen LogP contribution in [0.4, 0.5) is 14.5 Å². The molecule has 0 unspecified atom stereocenters. The maximum absolute atomic E-state index is 14.6. The second-order valence-electron chi connectivity index (χ2n) is 12.4. The van der Waals surface area contributed by atoms with Gasteiger partial charge in [0.05, 0.1) is 24.6 Å². The van der Waals surface area contributed by atoms with Crippen molar-refractivity contribution in [2.24, 2.45) is 5.92 Å². The summed E-state index contributed by atoms with van der Waals surface area (Å²) in [5, 5.41) is 8.87. The monoisotopic (exact) mass is 645 g/mol. The molecule has 246 valence electrons. The number of rotatable bonds is 10. The third-order valence-corrected chi connectivity index (χ3v) is 8.73. The summed E-state index contributed by atoms with van der Waals surface area (Å²) in [6, 6.07) is 10.9. The van der Waals surface area contributed by atoms with Crippen LogP contribution in [0.1, 0.15) is 66.7 Å². The molecule has 4 amide bonds. The number of ether oxygens (including phenoxy) is 1. The van der Waals surface area contributed by atoms with Crippen LogP contribution in [-0.4, -0.2) is 71.5 Å². The number of benzene rings is 2. The minimum atomic E-state index is -1.41. The van der Waals surface area contributed by atoms with Gasteiger partial charge in [0.25, 0.3) is 11.8 Å². The maximum atomic E-state index is 14.6. The largest absolute Gasteiger partial charge is 0.368 e. The molecule has 3 heterocycles. The number of fused-ring (bicyclic) bond motifs is 1. The third-order valence-electron chi connectivity index (χ3n) is 8.73. The van der Waals surface area contributed by atoms with Crippen molar-refractivity contribution < 1.29 is 32.7 Å². The number of likely N-dealkylation sites (tertiary alicyclic amines) is 1. The Morgan fingerprint density at radius 3 is 2.66 bits per heavy atom. The highest BCUT2D eigenvalue weighted by molar-refractivity contribution is 5.98. The highest BCUT2D eigenvalue weighted by Gasteiger charge is 2.40. The minimum Gasteiger partial charge on any atom is -0.368 e. The summed E-state index contributed by atoms with van der Waals surface area (Å²) in [5.74, 6) is -1.89. The maximum Gasteiger partial charge on any atom is 0.270 e. The first-order valence-electron chi connectivity index (χ1n) is 16.0. The number of allylic oxidation sites excluding steroid dienone is 1. The normalized spacial score (nSPS) is 21.6. The second kappa shape index (κ2) is 14.0. The smallest absolute Gasteiger partial charge is 0.270 e. The molecule has 1 aromatic heterocycles. The lowest BCUT2D eigenvalue weighted by atomic mass is 9.99. The van der Waals surface area contributed by atoms with E-state index in [1.165, 1.54) is 24.3 Å². The van der Waals surface area contributed by atoms with E-state index in [0.29, 0.717) is 35.5 Å². The average Bonchev–Trinajstić information content (AvgIpc) is 3.54. The van der Waals surface area contributed by atoms with E-state index in [2.05, 4.69) is 27.0 Å². The molecule has 3 aliphatic rings. The number of pyridine rings is 1. The third kappa shape index (κ3) is 7.82. The van der Waals surface area contributed by atoms with Gasteiger partial charge in [-0.1, -0.05) is 24.3 Å². The Morgan fingerprint density at radius 1 is 1.06 bits per heavy atom. The number of nitrogens with one attached hydrogen (secondary N) is 3. The lowest BCUT2D eigenvalue weighted by Crippen LogP contribution is -2.49. The zero-order valence-electron chi connectivity index (χ0n) is 26.0. The molecule has 3 aromatic rings. The van der Waals surface area contributed by atoms with E-state index in [1.54, 1.807) is 13.0 Å². The van der Waals surface area contributed by atoms with Crippen molar-refractivity contribution in [3.05, 3.63) is 77.2 Å². The van der Waals surface area contributed by atoms with Gasteiger partial charge in [-0.05, 0) is 86.1 Å². The second-order valence-corrected chi connectivity index (χ2v) is 12.4. The van der Waals surface area contributed by atoms with Crippen molar-refractivity contribution in [1.29, 1.82) is 0 Å². The van der Waals surface area contributed by atoms with Crippen molar-refractivity contribution in [3.8, 4) is 0 Å². The van der Waals surface area contributed by atoms with E-state index in [4.69, 9.17) is 4.74 Å². The van der Waals surface area contributed by atoms with Crippen molar-refractivity contribution in [1.82, 2.24) is 20.5 Å². The van der Waals surface area contributed by atoms with E-state index in [0.717, 1.165) is 35.3 Å². The van der Waals surface area contributed by atoms with Crippen molar-refractivity contribution in [3.63, 3.8) is 0 Å². The van der Waals surface area contributed by atoms with Crippen LogP contribution in [0.3, 0.4) is 0 Å². The Labute approximate surface area is 270 Å². The summed E-state index contributed by atoms with van der Waals surface area (Å²) in [5.41, 5.74) is 2.64. The average molecular weight is 646 g/mol. The summed E-state index contributed by atoms with van der Waals surface area (Å²) < 4.78 is 33.6. The summed E-state index contributed by atoms with van der Waals surface area (Å²) >= 11 is 0. The number of amides is 4. The molecule has 2 aliphatic heterocycles. The highest BCUT2D eigenvalue weighted by atomic mass is 19.1. The van der Waals surface area contributed by atoms with E-state index < -0.39 is 54.4 Å². The summed E-state index contributed by atoms with van der Waals surface area (Å²) in [6.07, 6.45) is 5.81. The number of carbonyl (C=O) groups excluding carboxylic acids is 4. The first-order chi connectivity index (χ1) is 22.6. The van der Waals surface area contributed by atoms with Gasteiger partial charge < -0.3 is 25.6 Å². The topological polar surface area (TPSA) is 130 Å². The molecule has 2 saturated heterocycles. The Bertz CT molecular complexity index is 1720. The van der Waals surface area contributed by atoms with Gasteiger partial charge in [-0.2, -0.15) is 0 Å². The van der Waals surface area contributed by atoms with E-state index >= 15 is 0 Å². The summed E-state index contributed by atoms with van der Waals surface area (Å²) in [6.45, 7) is 1.61. The molecule has 0 spiro atoms. The van der Waals surface area contributed by atoms with Crippen LogP contribution >= 0.6 is 0 Å². The fourth-order valence-corrected chi connectivity index (χ4v) is 5.98. The number of aromatic nitrogens is 1. The Morgan fingerprint density at radius 2 is 1.89 bits per heavy atom. The van der Waals surface area contributed by atoms with Gasteiger partial charge in [0, 0.05) is 24.1 Å². The highest BCUT2D eigenvalue weighted by Crippen LogP contribution is 2.32. The summed E-state index contributed by atoms with van der Waals surface area (Å²) in [4.78, 5) is 57.5. The predicted molar refractivity (Wildman–Crippen MR) is 171 cm³/mol. The number of hydrogen-bond donors (Lipinski definition) is 3. The lowest BCUT2D eigenvalue weighted by Gasteiger charge is -2.26. The molecular formula is C35H37F2N5O5. The molecule has 0 radical (unpaired) electrons. The minimum absolute atomic E-state index is 0.0329. The zero-order chi connectivity index (χ0) is 33.1. The van der Waals surface area contributed by atoms with Gasteiger partial charge in [0.15, 0.2) is 0 Å². The Hall–Kier alpha value is -4.71. The van der Waals surface area contributed by atoms with E-state index in [9.17, 15) is 28.0 Å². The molecule has 12 heteroatoms. The van der Waals surface area contributed by atoms with Crippen molar-refractivity contribution >= 4 is 46.3 Å². The van der Waals surface area contributed by atoms with Crippen LogP contribution in [0.15, 0.2) is 54.6 Å². The molecule has 10 nitrogen and oxygen atoms in total. The van der Waals surface area contributed by atoms with Crippen LogP contribution in [0.5, 0.6) is 0 Å². The molecule has 1 saturated carbocycles. The number of nitrogens with zero attached hydrogens (tertiary/aromatic N) is 2. The van der Waals surface area contributed by atoms with E-state index in [-0.39, 0.29) is 24.6 Å². The molecule has 47 heavy (non-hydrogen) atoms. The standard InChI is InChI=1S/C35H37F2N5O5/c1-20(27-17-26(40-35(46)31-3-2-14-47-31)11-8-22(27)7-6-21-4-5-21)39-34(45)30-16-25(37)19-42(30)32(43)18-38-33(44)29-12-9-23-15-24(36)10-13-28(23)41-29/h6-13,15,17,20-21,25,30-31H,2-5,14,16,18-19H2,1H3,(H,38,44)(H,39,45)(H,40,46)/b7-6+/t20-,25+,30-,31-/m0/s1. The first-order valence-corrected chi connectivity index (χ1v) is 16.0. The van der Waals surface area contributed by atoms with Gasteiger partial charge >= 0.3 is 0 Å². The molecular weight excluding hydrogens is 608 g/mol. The molecule has 3 fully saturated rings. The number of halogens is 2. The molecule has 1 aliphatic carbocycles. The van der Waals surface area contributed by atoms with Gasteiger partial charge in [0.1, 0.15) is 29.8 Å². The fourth-order valence-electron chi connectivity index (χ4n) is 5.98. The predicted octanol–water partition coefficient (Wildman–Crippen LogP) is 4.46. The Kier molecular flexibility index (Phi) is 9.58. The van der Waals surface area contributed by atoms with Gasteiger partial charge in [-0.3, -0.25) is 19.2 Å². The molecule has 4 atom stereocenters. The quantitative estimate of drug-likeness (QED) is 0.299. The van der Waals surface area contributed by atoms with Gasteiger partial charge in [-0.25, -0.2) is 13.8 Å². The number of alkyl halides is 1. The van der Waals surface area contributed by atoms with Crippen LogP contribution in [0, 0.1) is 11.7 Å². The molecule has 2 aromatic carbocycles. The lowest BCUT2D eigenvalue weighted by molar-refractivity contribution is -0.138. The van der Waals surface area contributed by atoms with Crippen LogP contribution in [-0.2, 0) is 19.1 Å². The van der Waals surface area contributed by atoms with E-state index in [1.807, 2.05) is 24.3 Å². The SMILES string of the molecule is C[C@H](NC(=O)[C@@H]1C[C@@H](F)CN1C(=O)CNC(=O)c1ccc2cc(F)ccc2n1)c1cc(NC(=O)[C@@H]2CCCO2)ccc1/C=C/C1CC1. The van der Waals surface area contributed by atoms with Crippen LogP contribution < -0.4 is 16.0 Å². The van der Waals surface area contributed by atoms with Gasteiger partial charge in [0.2, 0.25) is 11.8 Å². The fraction of sp³-hybridized carbons (Fsp3) is 0.400. The zero-order valence-corrected chi connectivity index (χ0v) is 26.0. The first kappa shape index (κ1) is 32.2. The molecule has 0 bridgehead atoms. The molecule has 3 N–H and O–H groups in total. The van der Waals surface area contributed by atoms with Gasteiger partial charge in [-0.15, -0.1) is 0 Å².